The van der Waals surface area contributed by atoms with E-state index in [1.807, 2.05) is 48.5 Å². The number of hydrogen-bond donors (Lipinski definition) is 1. The fraction of sp³-hybridized carbons (Fsp3) is 0.364. The predicted molar refractivity (Wildman–Crippen MR) is 114 cm³/mol. The zero-order valence-electron chi connectivity index (χ0n) is 16.7. The average molecular weight is 447 g/mol. The van der Waals surface area contributed by atoms with Gasteiger partial charge in [0.2, 0.25) is 5.91 Å². The maximum atomic E-state index is 12.8. The van der Waals surface area contributed by atoms with Crippen molar-refractivity contribution in [3.63, 3.8) is 0 Å². The highest BCUT2D eigenvalue weighted by molar-refractivity contribution is 9.10. The Kier molecular flexibility index (Phi) is 8.05. The fourth-order valence-electron chi connectivity index (χ4n) is 2.75. The van der Waals surface area contributed by atoms with Crippen molar-refractivity contribution in [2.24, 2.45) is 0 Å². The van der Waals surface area contributed by atoms with E-state index in [1.165, 1.54) is 10.5 Å². The number of halogens is 1. The minimum atomic E-state index is -0.604. The number of benzene rings is 2. The minimum absolute atomic E-state index is 0.126. The van der Waals surface area contributed by atoms with E-state index in [1.54, 1.807) is 14.0 Å². The molecule has 0 saturated heterocycles. The summed E-state index contributed by atoms with van der Waals surface area (Å²) in [5, 5.41) is 2.60. The van der Waals surface area contributed by atoms with Crippen LogP contribution in [-0.2, 0) is 16.1 Å². The third-order valence-corrected chi connectivity index (χ3v) is 5.12. The number of carbonyl (C=O) groups excluding carboxylic acids is 2. The van der Waals surface area contributed by atoms with Gasteiger partial charge in [-0.1, -0.05) is 54.0 Å². The molecule has 2 aromatic rings. The average Bonchev–Trinajstić information content (AvgIpc) is 2.70. The van der Waals surface area contributed by atoms with Gasteiger partial charge in [0.25, 0.3) is 5.91 Å². The number of carbonyl (C=O) groups is 2. The standard InChI is InChI=1S/C22H27BrN2O3/c1-15(2)18-7-11-20(12-8-18)28-14-21(26)25(16(3)22(27)24-4)13-17-5-9-19(23)10-6-17/h5-12,15-16H,13-14H2,1-4H3,(H,24,27). The first-order chi connectivity index (χ1) is 13.3. The van der Waals surface area contributed by atoms with Gasteiger partial charge in [-0.15, -0.1) is 0 Å². The van der Waals surface area contributed by atoms with Crippen LogP contribution in [-0.4, -0.2) is 36.4 Å². The highest BCUT2D eigenvalue weighted by Gasteiger charge is 2.25. The molecule has 150 valence electrons. The SMILES string of the molecule is CNC(=O)C(C)N(Cc1ccc(Br)cc1)C(=O)COc1ccc(C(C)C)cc1. The lowest BCUT2D eigenvalue weighted by molar-refractivity contribution is -0.142. The topological polar surface area (TPSA) is 58.6 Å². The number of nitrogens with one attached hydrogen (secondary N) is 1. The molecule has 0 saturated carbocycles. The summed E-state index contributed by atoms with van der Waals surface area (Å²) >= 11 is 3.40. The van der Waals surface area contributed by atoms with Crippen LogP contribution >= 0.6 is 15.9 Å². The summed E-state index contributed by atoms with van der Waals surface area (Å²) in [4.78, 5) is 26.5. The van der Waals surface area contributed by atoms with E-state index in [-0.39, 0.29) is 18.4 Å². The molecule has 5 nitrogen and oxygen atoms in total. The zero-order chi connectivity index (χ0) is 20.7. The number of hydrogen-bond acceptors (Lipinski definition) is 3. The summed E-state index contributed by atoms with van der Waals surface area (Å²) < 4.78 is 6.63. The van der Waals surface area contributed by atoms with Crippen molar-refractivity contribution >= 4 is 27.7 Å². The van der Waals surface area contributed by atoms with Crippen LogP contribution in [0.15, 0.2) is 53.0 Å². The number of ether oxygens (including phenoxy) is 1. The highest BCUT2D eigenvalue weighted by atomic mass is 79.9. The normalized spacial score (nSPS) is 11.8. The second kappa shape index (κ2) is 10.3. The van der Waals surface area contributed by atoms with Crippen molar-refractivity contribution in [3.8, 4) is 5.75 Å². The Labute approximate surface area is 175 Å². The Morgan fingerprint density at radius 2 is 1.64 bits per heavy atom. The summed E-state index contributed by atoms with van der Waals surface area (Å²) in [7, 11) is 1.56. The van der Waals surface area contributed by atoms with Gasteiger partial charge in [-0.25, -0.2) is 0 Å². The first-order valence-electron chi connectivity index (χ1n) is 9.30. The Bertz CT molecular complexity index is 788. The molecule has 1 atom stereocenters. The van der Waals surface area contributed by atoms with Gasteiger partial charge in [-0.3, -0.25) is 9.59 Å². The molecule has 0 fully saturated rings. The molecule has 1 unspecified atom stereocenters. The molecular formula is C22H27BrN2O3. The van der Waals surface area contributed by atoms with E-state index in [0.29, 0.717) is 18.2 Å². The molecule has 2 amide bonds. The van der Waals surface area contributed by atoms with E-state index in [4.69, 9.17) is 4.74 Å². The Hall–Kier alpha value is -2.34. The van der Waals surface area contributed by atoms with Crippen LogP contribution in [0.5, 0.6) is 5.75 Å². The Morgan fingerprint density at radius 3 is 2.18 bits per heavy atom. The highest BCUT2D eigenvalue weighted by Crippen LogP contribution is 2.19. The fourth-order valence-corrected chi connectivity index (χ4v) is 3.02. The largest absolute Gasteiger partial charge is 0.484 e. The molecule has 0 aliphatic carbocycles. The summed E-state index contributed by atoms with van der Waals surface area (Å²) in [6.45, 7) is 6.17. The second-order valence-corrected chi connectivity index (χ2v) is 7.87. The third-order valence-electron chi connectivity index (χ3n) is 4.59. The third kappa shape index (κ3) is 6.09. The smallest absolute Gasteiger partial charge is 0.261 e. The molecule has 1 N–H and O–H groups in total. The monoisotopic (exact) mass is 446 g/mol. The first-order valence-corrected chi connectivity index (χ1v) is 10.1. The quantitative estimate of drug-likeness (QED) is 0.663. The van der Waals surface area contributed by atoms with Gasteiger partial charge in [0, 0.05) is 18.1 Å². The van der Waals surface area contributed by atoms with Crippen LogP contribution in [0.1, 0.15) is 37.8 Å². The molecule has 0 aliphatic rings. The van der Waals surface area contributed by atoms with Gasteiger partial charge < -0.3 is 15.0 Å². The minimum Gasteiger partial charge on any atom is -0.484 e. The van der Waals surface area contributed by atoms with Crippen LogP contribution in [0.25, 0.3) is 0 Å². The Morgan fingerprint density at radius 1 is 1.04 bits per heavy atom. The van der Waals surface area contributed by atoms with Gasteiger partial charge in [-0.05, 0) is 48.2 Å². The lowest BCUT2D eigenvalue weighted by Gasteiger charge is -2.28. The van der Waals surface area contributed by atoms with Crippen molar-refractivity contribution in [3.05, 3.63) is 64.1 Å². The second-order valence-electron chi connectivity index (χ2n) is 6.95. The van der Waals surface area contributed by atoms with Crippen LogP contribution in [0.3, 0.4) is 0 Å². The molecule has 0 aliphatic heterocycles. The van der Waals surface area contributed by atoms with E-state index in [2.05, 4.69) is 35.1 Å². The number of rotatable bonds is 8. The van der Waals surface area contributed by atoms with Crippen molar-refractivity contribution in [2.75, 3.05) is 13.7 Å². The summed E-state index contributed by atoms with van der Waals surface area (Å²) in [6, 6.07) is 14.8. The number of amides is 2. The van der Waals surface area contributed by atoms with Gasteiger partial charge in [0.1, 0.15) is 11.8 Å². The zero-order valence-corrected chi connectivity index (χ0v) is 18.3. The van der Waals surface area contributed by atoms with Crippen LogP contribution in [0.4, 0.5) is 0 Å². The van der Waals surface area contributed by atoms with E-state index in [9.17, 15) is 9.59 Å². The summed E-state index contributed by atoms with van der Waals surface area (Å²) in [6.07, 6.45) is 0. The van der Waals surface area contributed by atoms with Crippen molar-refractivity contribution in [1.82, 2.24) is 10.2 Å². The molecule has 0 bridgehead atoms. The molecule has 0 aromatic heterocycles. The lowest BCUT2D eigenvalue weighted by atomic mass is 10.0. The Balaban J connectivity index is 2.09. The van der Waals surface area contributed by atoms with Gasteiger partial charge in [-0.2, -0.15) is 0 Å². The maximum absolute atomic E-state index is 12.8. The van der Waals surface area contributed by atoms with Crippen molar-refractivity contribution < 1.29 is 14.3 Å². The van der Waals surface area contributed by atoms with Crippen LogP contribution in [0.2, 0.25) is 0 Å². The van der Waals surface area contributed by atoms with Gasteiger partial charge in [0.05, 0.1) is 0 Å². The number of likely N-dealkylation sites (N-methyl/N-ethyl adjacent to an activating group) is 1. The van der Waals surface area contributed by atoms with Crippen molar-refractivity contribution in [1.29, 1.82) is 0 Å². The van der Waals surface area contributed by atoms with E-state index < -0.39 is 6.04 Å². The van der Waals surface area contributed by atoms with E-state index in [0.717, 1.165) is 10.0 Å². The summed E-state index contributed by atoms with van der Waals surface area (Å²) in [5.41, 5.74) is 2.15. The molecule has 0 spiro atoms. The molecule has 6 heteroatoms. The molecule has 28 heavy (non-hydrogen) atoms. The molecule has 0 radical (unpaired) electrons. The van der Waals surface area contributed by atoms with Gasteiger partial charge in [0.15, 0.2) is 6.61 Å². The van der Waals surface area contributed by atoms with Crippen molar-refractivity contribution in [2.45, 2.75) is 39.3 Å². The molecule has 0 heterocycles. The lowest BCUT2D eigenvalue weighted by Crippen LogP contribution is -2.48. The molecule has 2 aromatic carbocycles. The molecular weight excluding hydrogens is 420 g/mol. The van der Waals surface area contributed by atoms with Crippen LogP contribution < -0.4 is 10.1 Å². The van der Waals surface area contributed by atoms with Crippen LogP contribution in [0, 0.1) is 0 Å². The molecule has 2 rings (SSSR count). The predicted octanol–water partition coefficient (Wildman–Crippen LogP) is 4.11. The maximum Gasteiger partial charge on any atom is 0.261 e. The summed E-state index contributed by atoms with van der Waals surface area (Å²) in [5.74, 6) is 0.609. The first kappa shape index (κ1) is 22.0. The number of nitrogens with zero attached hydrogens (tertiary/aromatic N) is 1. The van der Waals surface area contributed by atoms with Gasteiger partial charge >= 0.3 is 0 Å². The van der Waals surface area contributed by atoms with E-state index >= 15 is 0 Å².